The second-order valence-corrected chi connectivity index (χ2v) is 17.7. The molecule has 0 spiro atoms. The van der Waals surface area contributed by atoms with Gasteiger partial charge in [0.2, 0.25) is 7.37 Å². The summed E-state index contributed by atoms with van der Waals surface area (Å²) in [6, 6.07) is 4.14. The van der Waals surface area contributed by atoms with Gasteiger partial charge in [-0.3, -0.25) is 14.3 Å². The van der Waals surface area contributed by atoms with E-state index in [1.807, 2.05) is 4.90 Å². The molecule has 1 saturated heterocycles. The summed E-state index contributed by atoms with van der Waals surface area (Å²) in [7, 11) is -3.62. The largest absolute Gasteiger partial charge is 0.459 e. The van der Waals surface area contributed by atoms with Crippen LogP contribution < -0.4 is 0 Å². The number of rotatable bonds is 10. The van der Waals surface area contributed by atoms with Gasteiger partial charge in [0.1, 0.15) is 22.6 Å². The standard InChI is InChI=1S/C32H51ClFN2O8P/c1-11-41-45(40)19-18-35(21-23-14-15-24(34)20-25(23)33)22-32(45,26(37)42-29(2,3)4)16-12-13-17-36(27(38)43-30(5,6)7)28(39)44-31(8,9)10/h14-15,20H,11-13,16-19,21-22H2,1-10H3. The monoisotopic (exact) mass is 676 g/mol. The molecule has 2 rings (SSSR count). The Morgan fingerprint density at radius 1 is 0.956 bits per heavy atom. The molecule has 0 N–H and O–H groups in total. The Morgan fingerprint density at radius 3 is 2.00 bits per heavy atom. The second-order valence-electron chi connectivity index (χ2n) is 14.4. The molecule has 13 heteroatoms. The number of carbonyl (C=O) groups is 3. The number of benzene rings is 1. The van der Waals surface area contributed by atoms with Crippen molar-refractivity contribution in [2.24, 2.45) is 0 Å². The lowest BCUT2D eigenvalue weighted by Gasteiger charge is -2.46. The van der Waals surface area contributed by atoms with Gasteiger partial charge in [0.15, 0.2) is 5.16 Å². The number of amides is 2. The first-order chi connectivity index (χ1) is 20.5. The molecule has 2 amide bonds. The normalized spacial score (nSPS) is 21.2. The lowest BCUT2D eigenvalue weighted by Crippen LogP contribution is -2.56. The first-order valence-electron chi connectivity index (χ1n) is 15.4. The molecule has 2 atom stereocenters. The Labute approximate surface area is 272 Å². The highest BCUT2D eigenvalue weighted by Crippen LogP contribution is 2.64. The maximum absolute atomic E-state index is 14.6. The Kier molecular flexibility index (Phi) is 13.1. The van der Waals surface area contributed by atoms with Gasteiger partial charge in [-0.25, -0.2) is 18.9 Å². The Hall–Kier alpha value is -2.20. The Morgan fingerprint density at radius 2 is 1.51 bits per heavy atom. The van der Waals surface area contributed by atoms with E-state index >= 15 is 0 Å². The highest BCUT2D eigenvalue weighted by Gasteiger charge is 2.59. The predicted octanol–water partition coefficient (Wildman–Crippen LogP) is 8.03. The van der Waals surface area contributed by atoms with Gasteiger partial charge in [-0.05, 0) is 106 Å². The van der Waals surface area contributed by atoms with Crippen LogP contribution in [-0.4, -0.2) is 82.3 Å². The van der Waals surface area contributed by atoms with Crippen LogP contribution in [0.15, 0.2) is 18.2 Å². The molecule has 1 aromatic rings. The van der Waals surface area contributed by atoms with E-state index in [2.05, 4.69) is 0 Å². The summed E-state index contributed by atoms with van der Waals surface area (Å²) >= 11 is 6.32. The molecule has 0 aromatic heterocycles. The minimum absolute atomic E-state index is 0.0503. The molecule has 1 fully saturated rings. The third kappa shape index (κ3) is 11.5. The van der Waals surface area contributed by atoms with Crippen LogP contribution >= 0.6 is 19.0 Å². The summed E-state index contributed by atoms with van der Waals surface area (Å²) < 4.78 is 51.0. The maximum atomic E-state index is 14.6. The summed E-state index contributed by atoms with van der Waals surface area (Å²) in [5.74, 6) is -1.10. The fraction of sp³-hybridized carbons (Fsp3) is 0.719. The molecular weight excluding hydrogens is 626 g/mol. The molecule has 45 heavy (non-hydrogen) atoms. The smallest absolute Gasteiger partial charge is 0.419 e. The third-order valence-corrected chi connectivity index (χ3v) is 10.5. The number of ether oxygens (including phenoxy) is 3. The maximum Gasteiger partial charge on any atom is 0.419 e. The van der Waals surface area contributed by atoms with Crippen LogP contribution in [0.5, 0.6) is 0 Å². The van der Waals surface area contributed by atoms with Crippen molar-refractivity contribution in [1.82, 2.24) is 9.80 Å². The van der Waals surface area contributed by atoms with E-state index in [4.69, 9.17) is 30.3 Å². The number of nitrogens with zero attached hydrogens (tertiary/aromatic N) is 2. The minimum atomic E-state index is -3.62. The van der Waals surface area contributed by atoms with E-state index in [9.17, 15) is 23.3 Å². The van der Waals surface area contributed by atoms with Crippen LogP contribution in [0.1, 0.15) is 94.1 Å². The predicted molar refractivity (Wildman–Crippen MR) is 172 cm³/mol. The number of hydrogen-bond acceptors (Lipinski definition) is 9. The zero-order valence-corrected chi connectivity index (χ0v) is 30.1. The van der Waals surface area contributed by atoms with E-state index < -0.39 is 53.3 Å². The molecule has 0 radical (unpaired) electrons. The number of halogens is 2. The molecule has 256 valence electrons. The van der Waals surface area contributed by atoms with Gasteiger partial charge >= 0.3 is 18.2 Å². The lowest BCUT2D eigenvalue weighted by molar-refractivity contribution is -0.160. The van der Waals surface area contributed by atoms with Crippen molar-refractivity contribution in [1.29, 1.82) is 0 Å². The highest BCUT2D eigenvalue weighted by molar-refractivity contribution is 7.62. The summed E-state index contributed by atoms with van der Waals surface area (Å²) in [5.41, 5.74) is -1.90. The number of hydrogen-bond donors (Lipinski definition) is 0. The van der Waals surface area contributed by atoms with Crippen LogP contribution in [0.2, 0.25) is 5.02 Å². The second kappa shape index (κ2) is 15.1. The Bertz CT molecular complexity index is 1230. The average Bonchev–Trinajstić information content (AvgIpc) is 2.84. The van der Waals surface area contributed by atoms with Gasteiger partial charge in [0, 0.05) is 37.4 Å². The van der Waals surface area contributed by atoms with Crippen LogP contribution in [0.3, 0.4) is 0 Å². The fourth-order valence-corrected chi connectivity index (χ4v) is 8.21. The topological polar surface area (TPSA) is 112 Å². The van der Waals surface area contributed by atoms with Crippen molar-refractivity contribution in [2.45, 2.75) is 117 Å². The van der Waals surface area contributed by atoms with E-state index in [0.717, 1.165) is 4.90 Å². The summed E-state index contributed by atoms with van der Waals surface area (Å²) in [6.07, 6.45) is -0.940. The van der Waals surface area contributed by atoms with Crippen molar-refractivity contribution in [3.05, 3.63) is 34.6 Å². The first kappa shape index (κ1) is 39.0. The zero-order valence-electron chi connectivity index (χ0n) is 28.5. The van der Waals surface area contributed by atoms with Crippen LogP contribution in [0.4, 0.5) is 14.0 Å². The number of carbonyl (C=O) groups excluding carboxylic acids is 3. The molecule has 1 aromatic carbocycles. The van der Waals surface area contributed by atoms with Crippen molar-refractivity contribution in [3.63, 3.8) is 0 Å². The molecular formula is C32H51ClFN2O8P. The molecule has 0 bridgehead atoms. The van der Waals surface area contributed by atoms with E-state index in [0.29, 0.717) is 25.1 Å². The van der Waals surface area contributed by atoms with E-state index in [1.165, 1.54) is 12.1 Å². The highest BCUT2D eigenvalue weighted by atomic mass is 35.5. The van der Waals surface area contributed by atoms with E-state index in [-0.39, 0.29) is 43.7 Å². The summed E-state index contributed by atoms with van der Waals surface area (Å²) in [5, 5.41) is -1.29. The minimum Gasteiger partial charge on any atom is -0.459 e. The van der Waals surface area contributed by atoms with Gasteiger partial charge in [0.25, 0.3) is 0 Å². The number of esters is 1. The van der Waals surface area contributed by atoms with E-state index in [1.54, 1.807) is 75.3 Å². The molecule has 10 nitrogen and oxygen atoms in total. The van der Waals surface area contributed by atoms with Gasteiger partial charge in [-0.2, -0.15) is 0 Å². The van der Waals surface area contributed by atoms with Crippen molar-refractivity contribution < 1.29 is 42.1 Å². The molecule has 0 saturated carbocycles. The zero-order chi connectivity index (χ0) is 34.4. The molecule has 0 aliphatic carbocycles. The quantitative estimate of drug-likeness (QED) is 0.105. The SMILES string of the molecule is CCOP1(=O)CCN(Cc2ccc(F)cc2Cl)CC1(CCCCN(C(=O)OC(C)(C)C)C(=O)OC(C)(C)C)C(=O)OC(C)(C)C. The Balaban J connectivity index is 2.40. The van der Waals surface area contributed by atoms with Crippen molar-refractivity contribution in [3.8, 4) is 0 Å². The van der Waals surface area contributed by atoms with Crippen LogP contribution in [-0.2, 0) is 34.6 Å². The number of imide groups is 1. The molecule has 1 aliphatic heterocycles. The van der Waals surface area contributed by atoms with Crippen LogP contribution in [0, 0.1) is 5.82 Å². The summed E-state index contributed by atoms with van der Waals surface area (Å²) in [4.78, 5) is 42.9. The molecule has 2 unspecified atom stereocenters. The van der Waals surface area contributed by atoms with Gasteiger partial charge < -0.3 is 18.7 Å². The molecule has 1 heterocycles. The number of unbranched alkanes of at least 4 members (excludes halogenated alkanes) is 1. The fourth-order valence-electron chi connectivity index (χ4n) is 4.97. The average molecular weight is 677 g/mol. The van der Waals surface area contributed by atoms with Crippen molar-refractivity contribution >= 4 is 37.1 Å². The van der Waals surface area contributed by atoms with Gasteiger partial charge in [-0.15, -0.1) is 0 Å². The molecule has 1 aliphatic rings. The lowest BCUT2D eigenvalue weighted by atomic mass is 9.98. The van der Waals surface area contributed by atoms with Crippen LogP contribution in [0.25, 0.3) is 0 Å². The first-order valence-corrected chi connectivity index (χ1v) is 17.6. The summed E-state index contributed by atoms with van der Waals surface area (Å²) in [6.45, 7) is 17.9. The van der Waals surface area contributed by atoms with Gasteiger partial charge in [0.05, 0.1) is 6.61 Å². The van der Waals surface area contributed by atoms with Crippen molar-refractivity contribution in [2.75, 3.05) is 32.4 Å². The third-order valence-electron chi connectivity index (χ3n) is 6.82. The van der Waals surface area contributed by atoms with Gasteiger partial charge in [-0.1, -0.05) is 17.7 Å².